The summed E-state index contributed by atoms with van der Waals surface area (Å²) in [5, 5.41) is 6.82. The number of ether oxygens (including phenoxy) is 3. The molecule has 3 aliphatic rings. The van der Waals surface area contributed by atoms with Crippen molar-refractivity contribution in [2.75, 3.05) is 27.3 Å². The van der Waals surface area contributed by atoms with Gasteiger partial charge in [-0.25, -0.2) is 33.3 Å². The second-order valence-corrected chi connectivity index (χ2v) is 20.1. The fourth-order valence-corrected chi connectivity index (χ4v) is 11.0. The molecule has 5 atom stereocenters. The van der Waals surface area contributed by atoms with E-state index in [0.29, 0.717) is 65.3 Å². The van der Waals surface area contributed by atoms with Crippen LogP contribution >= 0.6 is 11.3 Å². The average Bonchev–Trinajstić information content (AvgIpc) is 4.24. The lowest BCUT2D eigenvalue weighted by Gasteiger charge is -2.30. The maximum Gasteiger partial charge on any atom is 0.407 e. The van der Waals surface area contributed by atoms with Crippen molar-refractivity contribution in [3.63, 3.8) is 0 Å². The molecule has 0 bridgehead atoms. The zero-order valence-corrected chi connectivity index (χ0v) is 41.3. The van der Waals surface area contributed by atoms with Crippen molar-refractivity contribution >= 4 is 46.2 Å². The van der Waals surface area contributed by atoms with Gasteiger partial charge in [-0.1, -0.05) is 33.8 Å². The first-order chi connectivity index (χ1) is 34.7. The van der Waals surface area contributed by atoms with Gasteiger partial charge in [0.05, 0.1) is 71.7 Å². The molecule has 17 nitrogen and oxygen atoms in total. The van der Waals surface area contributed by atoms with Gasteiger partial charge in [0.15, 0.2) is 0 Å². The number of benzene rings is 3. The Hall–Kier alpha value is -7.61. The van der Waals surface area contributed by atoms with Crippen molar-refractivity contribution in [2.45, 2.75) is 83.8 Å². The summed E-state index contributed by atoms with van der Waals surface area (Å²) in [6.07, 6.45) is 5.78. The highest BCUT2D eigenvalue weighted by molar-refractivity contribution is 7.15. The van der Waals surface area contributed by atoms with Gasteiger partial charge in [0.2, 0.25) is 18.0 Å². The quantitative estimate of drug-likeness (QED) is 0.0914. The lowest BCUT2D eigenvalue weighted by atomic mass is 10.0. The first kappa shape index (κ1) is 48.0. The molecule has 0 saturated carbocycles. The van der Waals surface area contributed by atoms with E-state index in [4.69, 9.17) is 24.2 Å². The third-order valence-corrected chi connectivity index (χ3v) is 14.9. The summed E-state index contributed by atoms with van der Waals surface area (Å²) in [7, 11) is 2.52. The minimum Gasteiger partial charge on any atom is -0.464 e. The highest BCUT2D eigenvalue weighted by Gasteiger charge is 2.40. The standard InChI is InChI=1S/C52H54F2N10O7S/c1-26(2)43(60-51(67)69-5)48(65)62-17-7-9-37(62)45-55-23-34(58-45)29-13-16-36-31(19-29)21-39-42-33(54)20-30(22-40(42)71-50(64(36)39)41-25-57-47(72-41)28-11-14-32(53)15-12-28)35-24-56-46(59-35)38-10-8-18-63(38)49(66)44(27(3)4)61-52(68)70-6/h11-16,19-27,37-38,43-44,50H,7-10,17-18H2,1-6H3,(H,55,58)(H,56,59)(H,60,67)(H,61,68). The Labute approximate surface area is 417 Å². The molecule has 2 saturated heterocycles. The molecule has 5 unspecified atom stereocenters. The average molecular weight is 1000 g/mol. The Kier molecular flexibility index (Phi) is 13.0. The molecule has 4 amide bonds. The van der Waals surface area contributed by atoms with Crippen LogP contribution in [0.15, 0.2) is 79.3 Å². The van der Waals surface area contributed by atoms with Crippen LogP contribution in [-0.2, 0) is 19.1 Å². The number of imidazole rings is 2. The van der Waals surface area contributed by atoms with Crippen LogP contribution in [0.5, 0.6) is 5.75 Å². The van der Waals surface area contributed by atoms with Crippen LogP contribution in [0, 0.1) is 23.5 Å². The minimum atomic E-state index is -0.798. The number of thiazole rings is 1. The van der Waals surface area contributed by atoms with E-state index in [1.54, 1.807) is 46.6 Å². The number of nitrogens with one attached hydrogen (secondary N) is 4. The van der Waals surface area contributed by atoms with Crippen LogP contribution in [0.3, 0.4) is 0 Å². The molecule has 2 fully saturated rings. The number of hydrogen-bond donors (Lipinski definition) is 4. The van der Waals surface area contributed by atoms with Gasteiger partial charge < -0.3 is 44.6 Å². The molecular weight excluding hydrogens is 947 g/mol. The minimum absolute atomic E-state index is 0.174. The van der Waals surface area contributed by atoms with Gasteiger partial charge >= 0.3 is 12.2 Å². The van der Waals surface area contributed by atoms with Gasteiger partial charge in [0.25, 0.3) is 0 Å². The van der Waals surface area contributed by atoms with Gasteiger partial charge in [-0.15, -0.1) is 11.3 Å². The van der Waals surface area contributed by atoms with Crippen molar-refractivity contribution in [3.05, 3.63) is 107 Å². The molecule has 3 aromatic carbocycles. The smallest absolute Gasteiger partial charge is 0.407 e. The largest absolute Gasteiger partial charge is 0.464 e. The Balaban J connectivity index is 0.987. The number of H-pyrrole nitrogens is 2. The molecule has 374 valence electrons. The third kappa shape index (κ3) is 8.92. The number of nitrogens with zero attached hydrogens (tertiary/aromatic N) is 6. The molecule has 4 aromatic heterocycles. The van der Waals surface area contributed by atoms with Crippen LogP contribution in [0.25, 0.3) is 55.2 Å². The van der Waals surface area contributed by atoms with E-state index in [1.165, 1.54) is 43.8 Å². The molecule has 0 spiro atoms. The second kappa shape index (κ2) is 19.5. The molecule has 72 heavy (non-hydrogen) atoms. The van der Waals surface area contributed by atoms with Crippen LogP contribution in [0.1, 0.15) is 88.2 Å². The normalized spacial score (nSPS) is 18.2. The summed E-state index contributed by atoms with van der Waals surface area (Å²) < 4.78 is 49.4. The summed E-state index contributed by atoms with van der Waals surface area (Å²) in [5.74, 6) is -0.255. The predicted octanol–water partition coefficient (Wildman–Crippen LogP) is 9.52. The fourth-order valence-electron chi connectivity index (χ4n) is 10.1. The number of fused-ring (bicyclic) bond motifs is 5. The van der Waals surface area contributed by atoms with Gasteiger partial charge in [0.1, 0.15) is 46.1 Å². The summed E-state index contributed by atoms with van der Waals surface area (Å²) in [6, 6.07) is 14.9. The maximum absolute atomic E-state index is 17.0. The number of carbonyl (C=O) groups is 4. The van der Waals surface area contributed by atoms with E-state index < -0.39 is 42.4 Å². The molecule has 3 aliphatic heterocycles. The van der Waals surface area contributed by atoms with E-state index in [0.717, 1.165) is 45.4 Å². The Morgan fingerprint density at radius 2 is 1.29 bits per heavy atom. The van der Waals surface area contributed by atoms with Crippen molar-refractivity contribution in [1.82, 2.24) is 49.9 Å². The van der Waals surface area contributed by atoms with Crippen LogP contribution in [0.4, 0.5) is 18.4 Å². The van der Waals surface area contributed by atoms with Crippen LogP contribution in [0.2, 0.25) is 0 Å². The highest BCUT2D eigenvalue weighted by Crippen LogP contribution is 2.49. The number of amides is 4. The van der Waals surface area contributed by atoms with E-state index in [2.05, 4.69) is 25.6 Å². The van der Waals surface area contributed by atoms with Crippen molar-refractivity contribution in [1.29, 1.82) is 0 Å². The van der Waals surface area contributed by atoms with E-state index in [-0.39, 0.29) is 41.1 Å². The summed E-state index contributed by atoms with van der Waals surface area (Å²) >= 11 is 1.39. The molecule has 0 aliphatic carbocycles. The summed E-state index contributed by atoms with van der Waals surface area (Å²) in [4.78, 5) is 77.2. The first-order valence-electron chi connectivity index (χ1n) is 24.0. The number of halogens is 2. The van der Waals surface area contributed by atoms with Crippen LogP contribution in [-0.4, -0.2) is 103 Å². The first-order valence-corrected chi connectivity index (χ1v) is 24.8. The number of aromatic nitrogens is 6. The number of alkyl carbamates (subject to hydrolysis) is 2. The molecule has 4 N–H and O–H groups in total. The SMILES string of the molecule is COC(=O)NC(C(=O)N1CCCC1c1ncc(-c2cc(F)c3c(c2)OC(c2cnc(-c4ccc(F)cc4)s2)n2c-3cc3cc(-c4cnc(C5CCCN5C(=O)C(NC(=O)OC)C(C)C)[nH]4)ccc32)[nH]1)C(C)C. The lowest BCUT2D eigenvalue weighted by molar-refractivity contribution is -0.136. The Morgan fingerprint density at radius 3 is 1.86 bits per heavy atom. The zero-order valence-electron chi connectivity index (χ0n) is 40.5. The molecule has 7 aromatic rings. The number of methoxy groups -OCH3 is 2. The van der Waals surface area contributed by atoms with Gasteiger partial charge in [-0.3, -0.25) is 14.2 Å². The Bertz CT molecular complexity index is 3200. The predicted molar refractivity (Wildman–Crippen MR) is 264 cm³/mol. The van der Waals surface area contributed by atoms with E-state index in [1.807, 2.05) is 56.5 Å². The number of likely N-dealkylation sites (tertiary alicyclic amines) is 2. The molecule has 0 radical (unpaired) electrons. The fraction of sp³-hybridized carbons (Fsp3) is 0.365. The molecule has 10 rings (SSSR count). The van der Waals surface area contributed by atoms with Gasteiger partial charge in [-0.05, 0) is 92.1 Å². The van der Waals surface area contributed by atoms with E-state index in [9.17, 15) is 23.6 Å². The van der Waals surface area contributed by atoms with E-state index >= 15 is 4.39 Å². The molecule has 7 heterocycles. The molecule has 20 heteroatoms. The lowest BCUT2D eigenvalue weighted by Crippen LogP contribution is -2.51. The maximum atomic E-state index is 17.0. The summed E-state index contributed by atoms with van der Waals surface area (Å²) in [6.45, 7) is 8.45. The van der Waals surface area contributed by atoms with Crippen molar-refractivity contribution in [3.8, 4) is 50.1 Å². The van der Waals surface area contributed by atoms with Gasteiger partial charge in [0, 0.05) is 41.4 Å². The summed E-state index contributed by atoms with van der Waals surface area (Å²) in [5.41, 5.74) is 4.88. The number of aromatic amines is 2. The number of hydrogen-bond acceptors (Lipinski definition) is 11. The van der Waals surface area contributed by atoms with Gasteiger partial charge in [-0.2, -0.15) is 0 Å². The Morgan fingerprint density at radius 1 is 0.722 bits per heavy atom. The number of rotatable bonds is 12. The second-order valence-electron chi connectivity index (χ2n) is 19.0. The van der Waals surface area contributed by atoms with Crippen LogP contribution < -0.4 is 15.4 Å². The number of carbonyl (C=O) groups excluding carboxylic acids is 4. The third-order valence-electron chi connectivity index (χ3n) is 13.8. The topological polar surface area (TPSA) is 202 Å². The molecular formula is C52H54F2N10O7S. The monoisotopic (exact) mass is 1000 g/mol. The zero-order chi connectivity index (χ0) is 50.5. The van der Waals surface area contributed by atoms with Crippen molar-refractivity contribution in [2.24, 2.45) is 11.8 Å². The highest BCUT2D eigenvalue weighted by atomic mass is 32.1. The van der Waals surface area contributed by atoms with Crippen molar-refractivity contribution < 1.29 is 42.2 Å².